The van der Waals surface area contributed by atoms with E-state index in [-0.39, 0.29) is 0 Å². The summed E-state index contributed by atoms with van der Waals surface area (Å²) >= 11 is 5.65. The number of aromatic nitrogens is 4. The van der Waals surface area contributed by atoms with E-state index in [2.05, 4.69) is 10.2 Å². The maximum absolute atomic E-state index is 12.6. The fraction of sp³-hybridized carbons (Fsp3) is 0.182. The summed E-state index contributed by atoms with van der Waals surface area (Å²) in [6, 6.07) is 14.1. The molecule has 0 atom stereocenters. The Bertz CT molecular complexity index is 1190. The molecule has 0 spiro atoms. The van der Waals surface area contributed by atoms with Gasteiger partial charge >= 0.3 is 6.18 Å². The van der Waals surface area contributed by atoms with Crippen molar-refractivity contribution in [1.82, 2.24) is 19.6 Å². The minimum atomic E-state index is -4.42. The quantitative estimate of drug-likeness (QED) is 0.401. The predicted octanol–water partition coefficient (Wildman–Crippen LogP) is 5.65. The van der Waals surface area contributed by atoms with Crippen molar-refractivity contribution in [3.63, 3.8) is 0 Å². The first-order chi connectivity index (χ1) is 15.7. The van der Waals surface area contributed by atoms with Crippen LogP contribution >= 0.6 is 11.6 Å². The molecule has 0 radical (unpaired) electrons. The molecule has 0 aliphatic carbocycles. The number of ether oxygens (including phenoxy) is 1. The summed E-state index contributed by atoms with van der Waals surface area (Å²) in [5, 5.41) is 8.22. The number of halogens is 4. The highest BCUT2D eigenvalue weighted by Gasteiger charge is 2.35. The molecule has 4 rings (SSSR count). The Hall–Kier alpha value is -3.50. The van der Waals surface area contributed by atoms with E-state index in [1.165, 1.54) is 24.3 Å². The highest BCUT2D eigenvalue weighted by atomic mass is 35.5. The van der Waals surface area contributed by atoms with Crippen LogP contribution in [0, 0.1) is 0 Å². The zero-order chi connectivity index (χ0) is 24.0. The lowest BCUT2D eigenvalue weighted by molar-refractivity contribution is -0.142. The van der Waals surface area contributed by atoms with E-state index in [0.717, 1.165) is 34.0 Å². The number of aryl methyl sites for hydroxylation is 1. The number of nitrogens with two attached hydrogens (primary N) is 1. The molecule has 0 aliphatic heterocycles. The zero-order valence-corrected chi connectivity index (χ0v) is 18.3. The molecule has 2 aromatic heterocycles. The Morgan fingerprint density at radius 2 is 1.73 bits per heavy atom. The third-order valence-corrected chi connectivity index (χ3v) is 4.71. The Kier molecular flexibility index (Phi) is 7.62. The molecule has 0 saturated carbocycles. The van der Waals surface area contributed by atoms with Gasteiger partial charge < -0.3 is 16.2 Å². The molecule has 0 fully saturated rings. The number of nitrogens with one attached hydrogen (secondary N) is 1. The van der Waals surface area contributed by atoms with E-state index in [0.29, 0.717) is 29.5 Å². The lowest BCUT2D eigenvalue weighted by Crippen LogP contribution is -2.13. The number of hydrogen-bond acceptors (Lipinski definition) is 4. The molecule has 2 heterocycles. The third-order valence-electron chi connectivity index (χ3n) is 4.46. The average molecular weight is 478 g/mol. The first-order valence-corrected chi connectivity index (χ1v) is 10.1. The van der Waals surface area contributed by atoms with Gasteiger partial charge in [0.15, 0.2) is 0 Å². The molecule has 0 saturated heterocycles. The molecular formula is C22H21ClF3N6O-. The fourth-order valence-electron chi connectivity index (χ4n) is 2.97. The van der Waals surface area contributed by atoms with Crippen LogP contribution in [-0.4, -0.2) is 32.7 Å². The van der Waals surface area contributed by atoms with Gasteiger partial charge in [0.05, 0.1) is 17.6 Å². The predicted molar refractivity (Wildman–Crippen MR) is 121 cm³/mol. The lowest BCUT2D eigenvalue weighted by Gasteiger charge is -2.14. The molecule has 0 amide bonds. The van der Waals surface area contributed by atoms with E-state index >= 15 is 0 Å². The normalized spacial score (nSPS) is 11.1. The highest BCUT2D eigenvalue weighted by molar-refractivity contribution is 6.30. The van der Waals surface area contributed by atoms with Crippen LogP contribution in [0.2, 0.25) is 5.02 Å². The Morgan fingerprint density at radius 3 is 2.33 bits per heavy atom. The summed E-state index contributed by atoms with van der Waals surface area (Å²) in [7, 11) is 1.86. The van der Waals surface area contributed by atoms with Gasteiger partial charge in [-0.25, -0.2) is 4.68 Å². The molecule has 7 nitrogen and oxygen atoms in total. The van der Waals surface area contributed by atoms with Crippen molar-refractivity contribution in [2.75, 3.05) is 13.2 Å². The van der Waals surface area contributed by atoms with Gasteiger partial charge in [0.1, 0.15) is 18.1 Å². The van der Waals surface area contributed by atoms with Gasteiger partial charge in [-0.15, -0.1) is 5.69 Å². The summed E-state index contributed by atoms with van der Waals surface area (Å²) in [5.74, 6) is 0.732. The van der Waals surface area contributed by atoms with Crippen LogP contribution in [0.15, 0.2) is 67.0 Å². The first-order valence-electron chi connectivity index (χ1n) is 9.74. The van der Waals surface area contributed by atoms with Crippen LogP contribution < -0.4 is 10.5 Å². The van der Waals surface area contributed by atoms with Crippen molar-refractivity contribution in [2.24, 2.45) is 12.8 Å². The van der Waals surface area contributed by atoms with Crippen LogP contribution in [0.4, 0.5) is 18.9 Å². The molecule has 33 heavy (non-hydrogen) atoms. The SMILES string of the molecule is Cn1nccc1-c1cc([NH-])ccc1OCCN.FC(F)(F)c1ccnn1-c1ccc(Cl)cc1. The first kappa shape index (κ1) is 24.1. The molecule has 174 valence electrons. The van der Waals surface area contributed by atoms with Crippen molar-refractivity contribution in [2.45, 2.75) is 6.18 Å². The van der Waals surface area contributed by atoms with Gasteiger partial charge in [-0.1, -0.05) is 23.7 Å². The summed E-state index contributed by atoms with van der Waals surface area (Å²) in [6.45, 7) is 0.926. The molecule has 4 aromatic rings. The van der Waals surface area contributed by atoms with Gasteiger partial charge in [-0.05, 0) is 42.5 Å². The van der Waals surface area contributed by atoms with Gasteiger partial charge in [0.2, 0.25) is 0 Å². The van der Waals surface area contributed by atoms with Crippen LogP contribution in [0.5, 0.6) is 5.75 Å². The second kappa shape index (κ2) is 10.4. The minimum Gasteiger partial charge on any atom is -0.699 e. The number of benzene rings is 2. The van der Waals surface area contributed by atoms with Crippen LogP contribution in [0.1, 0.15) is 5.69 Å². The second-order valence-electron chi connectivity index (χ2n) is 6.79. The van der Waals surface area contributed by atoms with Crippen LogP contribution in [0.25, 0.3) is 22.7 Å². The van der Waals surface area contributed by atoms with Crippen molar-refractivity contribution >= 4 is 17.3 Å². The largest absolute Gasteiger partial charge is 0.699 e. The third kappa shape index (κ3) is 6.05. The van der Waals surface area contributed by atoms with E-state index in [1.54, 1.807) is 29.1 Å². The monoisotopic (exact) mass is 477 g/mol. The van der Waals surface area contributed by atoms with Crippen molar-refractivity contribution < 1.29 is 17.9 Å². The number of rotatable bonds is 5. The standard InChI is InChI=1S/C12H15N4O.C10H6ClF3N2/c1-16-11(4-6-15-16)10-8-9(14)2-3-12(10)17-7-5-13;11-7-1-3-8(4-2-7)16-9(5-6-15-16)10(12,13)14/h2-4,6,8,14H,5,7,13H2,1H3;1-6H/q-1;. The van der Waals surface area contributed by atoms with E-state index in [4.69, 9.17) is 27.8 Å². The molecule has 0 aliphatic rings. The Labute approximate surface area is 193 Å². The van der Waals surface area contributed by atoms with Crippen LogP contribution in [-0.2, 0) is 13.2 Å². The maximum atomic E-state index is 12.6. The average Bonchev–Trinajstić information content (AvgIpc) is 3.43. The molecule has 11 heteroatoms. The second-order valence-corrected chi connectivity index (χ2v) is 7.23. The molecule has 2 aromatic carbocycles. The number of hydrogen-bond donors (Lipinski definition) is 1. The molecule has 0 unspecified atom stereocenters. The van der Waals surface area contributed by atoms with Crippen molar-refractivity contribution in [3.8, 4) is 22.7 Å². The number of alkyl halides is 3. The summed E-state index contributed by atoms with van der Waals surface area (Å²) in [4.78, 5) is 0. The molecule has 0 bridgehead atoms. The van der Waals surface area contributed by atoms with E-state index in [9.17, 15) is 13.2 Å². The summed E-state index contributed by atoms with van der Waals surface area (Å²) < 4.78 is 45.8. The molecular weight excluding hydrogens is 457 g/mol. The van der Waals surface area contributed by atoms with Crippen LogP contribution in [0.3, 0.4) is 0 Å². The maximum Gasteiger partial charge on any atom is 0.433 e. The van der Waals surface area contributed by atoms with Gasteiger partial charge in [0, 0.05) is 30.4 Å². The van der Waals surface area contributed by atoms with Crippen molar-refractivity contribution in [3.05, 3.63) is 83.4 Å². The Balaban J connectivity index is 0.000000186. The van der Waals surface area contributed by atoms with E-state index < -0.39 is 11.9 Å². The molecule has 3 N–H and O–H groups in total. The Morgan fingerprint density at radius 1 is 1.03 bits per heavy atom. The summed E-state index contributed by atoms with van der Waals surface area (Å²) in [6.07, 6.45) is -1.59. The summed E-state index contributed by atoms with van der Waals surface area (Å²) in [5.41, 5.74) is 14.8. The van der Waals surface area contributed by atoms with E-state index in [1.807, 2.05) is 13.1 Å². The van der Waals surface area contributed by atoms with Crippen molar-refractivity contribution in [1.29, 1.82) is 0 Å². The minimum absolute atomic E-state index is 0.321. The smallest absolute Gasteiger partial charge is 0.433 e. The number of nitrogens with zero attached hydrogens (tertiary/aromatic N) is 4. The van der Waals surface area contributed by atoms with Gasteiger partial charge in [0.25, 0.3) is 0 Å². The highest BCUT2D eigenvalue weighted by Crippen LogP contribution is 2.33. The van der Waals surface area contributed by atoms with Gasteiger partial charge in [-0.2, -0.15) is 23.4 Å². The zero-order valence-electron chi connectivity index (χ0n) is 17.6. The topological polar surface area (TPSA) is 94.7 Å². The fourth-order valence-corrected chi connectivity index (χ4v) is 3.10. The lowest BCUT2D eigenvalue weighted by atomic mass is 10.1. The van der Waals surface area contributed by atoms with Gasteiger partial charge in [-0.3, -0.25) is 4.68 Å².